The Hall–Kier alpha value is -3.48. The molecule has 0 aliphatic heterocycles. The summed E-state index contributed by atoms with van der Waals surface area (Å²) in [4.78, 5) is 51.6. The molecule has 0 bridgehead atoms. The van der Waals surface area contributed by atoms with E-state index in [0.717, 1.165) is 10.9 Å². The monoisotopic (exact) mass is 463 g/mol. The summed E-state index contributed by atoms with van der Waals surface area (Å²) in [5.41, 5.74) is 7.07. The van der Waals surface area contributed by atoms with Crippen LogP contribution < -0.4 is 21.7 Å². The van der Waals surface area contributed by atoms with Gasteiger partial charge >= 0.3 is 5.97 Å². The molecule has 33 heavy (non-hydrogen) atoms. The van der Waals surface area contributed by atoms with Crippen molar-refractivity contribution in [2.45, 2.75) is 50.6 Å². The lowest BCUT2D eigenvalue weighted by molar-refractivity contribution is -0.139. The number of aromatic amines is 1. The summed E-state index contributed by atoms with van der Waals surface area (Å²) >= 11 is 0. The van der Waals surface area contributed by atoms with Gasteiger partial charge in [0.2, 0.25) is 17.7 Å². The molecule has 1 aromatic carbocycles. The van der Waals surface area contributed by atoms with Crippen molar-refractivity contribution in [2.75, 3.05) is 6.54 Å². The van der Waals surface area contributed by atoms with Crippen molar-refractivity contribution in [1.29, 1.82) is 0 Å². The molecule has 0 unspecified atom stereocenters. The number of carbonyl (C=O) groups is 4. The van der Waals surface area contributed by atoms with Crippen LogP contribution in [-0.2, 0) is 25.6 Å². The second-order valence-corrected chi connectivity index (χ2v) is 7.73. The maximum atomic E-state index is 12.9. The van der Waals surface area contributed by atoms with E-state index in [4.69, 9.17) is 10.8 Å². The van der Waals surface area contributed by atoms with Crippen LogP contribution in [0, 0.1) is 0 Å². The van der Waals surface area contributed by atoms with E-state index in [-0.39, 0.29) is 6.42 Å². The summed E-state index contributed by atoms with van der Waals surface area (Å²) in [6, 6.07) is 3.28. The van der Waals surface area contributed by atoms with Gasteiger partial charge in [0.05, 0.1) is 12.2 Å². The lowest BCUT2D eigenvalue weighted by Gasteiger charge is -2.26. The summed E-state index contributed by atoms with van der Waals surface area (Å²) in [6.45, 7) is 1.90. The number of nitrogens with two attached hydrogens (primary N) is 1. The molecule has 1 aromatic heterocycles. The van der Waals surface area contributed by atoms with Gasteiger partial charge < -0.3 is 42.0 Å². The largest absolute Gasteiger partial charge is 0.480 e. The van der Waals surface area contributed by atoms with Crippen molar-refractivity contribution in [3.8, 4) is 0 Å². The molecule has 0 aliphatic carbocycles. The highest BCUT2D eigenvalue weighted by atomic mass is 16.4. The molecular formula is C21H29N5O7. The third kappa shape index (κ3) is 7.00. The topological polar surface area (TPSA) is 207 Å². The Morgan fingerprint density at radius 3 is 2.27 bits per heavy atom. The molecule has 2 rings (SSSR count). The zero-order valence-corrected chi connectivity index (χ0v) is 18.2. The number of aliphatic hydroxyl groups is 2. The van der Waals surface area contributed by atoms with E-state index >= 15 is 0 Å². The fraction of sp³-hybridized carbons (Fsp3) is 0.429. The Morgan fingerprint density at radius 2 is 1.67 bits per heavy atom. The molecule has 0 saturated heterocycles. The minimum absolute atomic E-state index is 0.00880. The first kappa shape index (κ1) is 25.8. The molecule has 2 aromatic rings. The van der Waals surface area contributed by atoms with E-state index in [1.165, 1.54) is 13.8 Å². The van der Waals surface area contributed by atoms with E-state index in [2.05, 4.69) is 20.9 Å². The second kappa shape index (κ2) is 11.4. The van der Waals surface area contributed by atoms with Crippen molar-refractivity contribution in [1.82, 2.24) is 20.9 Å². The Morgan fingerprint density at radius 1 is 1.00 bits per heavy atom. The summed E-state index contributed by atoms with van der Waals surface area (Å²) < 4.78 is 0. The number of aromatic nitrogens is 1. The Kier molecular flexibility index (Phi) is 8.91. The molecule has 12 nitrogen and oxygen atoms in total. The number of carbonyl (C=O) groups excluding carboxylic acids is 3. The van der Waals surface area contributed by atoms with Crippen molar-refractivity contribution < 1.29 is 34.5 Å². The summed E-state index contributed by atoms with van der Waals surface area (Å²) in [5, 5.41) is 36.1. The van der Waals surface area contributed by atoms with Crippen LogP contribution in [0.25, 0.3) is 10.9 Å². The number of fused-ring (bicyclic) bond motifs is 1. The number of benzene rings is 1. The van der Waals surface area contributed by atoms with E-state index in [0.29, 0.717) is 5.56 Å². The fourth-order valence-electron chi connectivity index (χ4n) is 3.15. The smallest absolute Gasteiger partial charge is 0.322 e. The van der Waals surface area contributed by atoms with Crippen molar-refractivity contribution in [2.24, 2.45) is 5.73 Å². The van der Waals surface area contributed by atoms with Crippen molar-refractivity contribution >= 4 is 34.6 Å². The van der Waals surface area contributed by atoms with Gasteiger partial charge in [0.25, 0.3) is 0 Å². The van der Waals surface area contributed by atoms with Gasteiger partial charge in [-0.25, -0.2) is 0 Å². The van der Waals surface area contributed by atoms with Gasteiger partial charge in [0.15, 0.2) is 0 Å². The van der Waals surface area contributed by atoms with Crippen LogP contribution in [0.5, 0.6) is 0 Å². The molecule has 5 atom stereocenters. The van der Waals surface area contributed by atoms with Gasteiger partial charge in [0.1, 0.15) is 24.7 Å². The third-order valence-corrected chi connectivity index (χ3v) is 5.03. The lowest BCUT2D eigenvalue weighted by Crippen LogP contribution is -2.60. The number of nitrogens with one attached hydrogen (secondary N) is 4. The van der Waals surface area contributed by atoms with Crippen LogP contribution in [0.2, 0.25) is 0 Å². The number of aliphatic carboxylic acids is 1. The molecule has 0 saturated carbocycles. The average molecular weight is 463 g/mol. The molecule has 9 N–H and O–H groups in total. The number of aliphatic hydroxyl groups excluding tert-OH is 2. The third-order valence-electron chi connectivity index (χ3n) is 5.03. The van der Waals surface area contributed by atoms with Gasteiger partial charge in [-0.15, -0.1) is 0 Å². The van der Waals surface area contributed by atoms with Gasteiger partial charge in [0, 0.05) is 23.5 Å². The van der Waals surface area contributed by atoms with E-state index in [1.807, 2.05) is 24.3 Å². The minimum atomic E-state index is -1.47. The first-order valence-electron chi connectivity index (χ1n) is 10.3. The first-order chi connectivity index (χ1) is 15.5. The van der Waals surface area contributed by atoms with Gasteiger partial charge in [-0.1, -0.05) is 18.2 Å². The predicted octanol–water partition coefficient (Wildman–Crippen LogP) is -2.03. The normalized spacial score (nSPS) is 15.7. The van der Waals surface area contributed by atoms with Gasteiger partial charge in [-0.05, 0) is 25.5 Å². The highest BCUT2D eigenvalue weighted by molar-refractivity contribution is 5.94. The summed E-state index contributed by atoms with van der Waals surface area (Å²) in [5.74, 6) is -3.77. The van der Waals surface area contributed by atoms with E-state index < -0.39 is 60.6 Å². The number of carboxylic acids is 1. The van der Waals surface area contributed by atoms with Gasteiger partial charge in [-0.3, -0.25) is 19.2 Å². The molecule has 180 valence electrons. The standard InChI is InChI=1S/C21H29N5O7/c1-10(27)17(22)20(32)26-18(11(2)28)21(33)25-15(19(31)24-9-16(29)30)7-12-8-23-14-6-4-3-5-13(12)14/h3-6,8,10-11,15,17-18,23,27-28H,7,9,22H2,1-2H3,(H,24,31)(H,25,33)(H,26,32)(H,29,30)/t10-,11-,15+,17+,18+/m1/s1. The first-order valence-corrected chi connectivity index (χ1v) is 10.3. The molecule has 3 amide bonds. The number of hydrogen-bond acceptors (Lipinski definition) is 7. The zero-order chi connectivity index (χ0) is 24.7. The fourth-order valence-corrected chi connectivity index (χ4v) is 3.15. The molecule has 0 aliphatic rings. The number of rotatable bonds is 11. The Labute approximate surface area is 189 Å². The maximum Gasteiger partial charge on any atom is 0.322 e. The summed E-state index contributed by atoms with van der Waals surface area (Å²) in [6.07, 6.45) is -0.872. The molecule has 12 heteroatoms. The Balaban J connectivity index is 2.23. The number of amides is 3. The number of hydrogen-bond donors (Lipinski definition) is 8. The number of para-hydroxylation sites is 1. The number of carboxylic acid groups (broad SMARTS) is 1. The average Bonchev–Trinajstić information content (AvgIpc) is 3.16. The molecule has 0 radical (unpaired) electrons. The number of H-pyrrole nitrogens is 1. The van der Waals surface area contributed by atoms with Crippen molar-refractivity contribution in [3.05, 3.63) is 36.0 Å². The molecule has 0 spiro atoms. The highest BCUT2D eigenvalue weighted by Gasteiger charge is 2.32. The lowest BCUT2D eigenvalue weighted by atomic mass is 10.0. The highest BCUT2D eigenvalue weighted by Crippen LogP contribution is 2.19. The predicted molar refractivity (Wildman–Crippen MR) is 118 cm³/mol. The molecular weight excluding hydrogens is 434 g/mol. The molecule has 1 heterocycles. The SMILES string of the molecule is C[C@@H](O)[C@H](N)C(=O)N[C@H](C(=O)N[C@@H](Cc1c[nH]c2ccccc12)C(=O)NCC(=O)O)[C@@H](C)O. The summed E-state index contributed by atoms with van der Waals surface area (Å²) in [7, 11) is 0. The van der Waals surface area contributed by atoms with Crippen LogP contribution in [0.15, 0.2) is 30.5 Å². The Bertz CT molecular complexity index is 1000. The zero-order valence-electron chi connectivity index (χ0n) is 18.2. The minimum Gasteiger partial charge on any atom is -0.480 e. The van der Waals surface area contributed by atoms with Crippen LogP contribution in [0.3, 0.4) is 0 Å². The molecule has 0 fully saturated rings. The van der Waals surface area contributed by atoms with Crippen LogP contribution in [-0.4, -0.2) is 80.9 Å². The quantitative estimate of drug-likeness (QED) is 0.186. The van der Waals surface area contributed by atoms with E-state index in [9.17, 15) is 29.4 Å². The van der Waals surface area contributed by atoms with Crippen molar-refractivity contribution in [3.63, 3.8) is 0 Å². The maximum absolute atomic E-state index is 12.9. The van der Waals surface area contributed by atoms with E-state index in [1.54, 1.807) is 6.20 Å². The van der Waals surface area contributed by atoms with Crippen LogP contribution in [0.4, 0.5) is 0 Å². The second-order valence-electron chi connectivity index (χ2n) is 7.73. The van der Waals surface area contributed by atoms with Gasteiger partial charge in [-0.2, -0.15) is 0 Å². The van der Waals surface area contributed by atoms with Crippen LogP contribution >= 0.6 is 0 Å². The van der Waals surface area contributed by atoms with Crippen LogP contribution in [0.1, 0.15) is 19.4 Å².